The lowest BCUT2D eigenvalue weighted by Gasteiger charge is -2.40. The Kier molecular flexibility index (Phi) is 8.58. The Morgan fingerprint density at radius 1 is 1.41 bits per heavy atom. The first-order chi connectivity index (χ1) is 12.2. The molecule has 8 nitrogen and oxygen atoms in total. The monoisotopic (exact) mass is 490 g/mol. The molecule has 2 heterocycles. The van der Waals surface area contributed by atoms with Crippen molar-refractivity contribution in [3.63, 3.8) is 0 Å². The third kappa shape index (κ3) is 7.04. The second kappa shape index (κ2) is 9.95. The number of ether oxygens (including phenoxy) is 1. The van der Waals surface area contributed by atoms with Crippen LogP contribution in [0, 0.1) is 0 Å². The van der Waals surface area contributed by atoms with Crippen LogP contribution in [0.5, 0.6) is 0 Å². The third-order valence-corrected chi connectivity index (χ3v) is 3.84. The van der Waals surface area contributed by atoms with E-state index in [1.807, 2.05) is 51.9 Å². The van der Waals surface area contributed by atoms with Gasteiger partial charge in [0.2, 0.25) is 0 Å². The molecule has 27 heavy (non-hydrogen) atoms. The SMILES string of the molecule is CN=C(NCc1cccnc1N(C)C)NC1CN(C(=O)OC(C)(C)C)C1.I. The van der Waals surface area contributed by atoms with Gasteiger partial charge >= 0.3 is 6.09 Å². The molecule has 1 amide bonds. The van der Waals surface area contributed by atoms with Crippen molar-refractivity contribution in [2.45, 2.75) is 39.0 Å². The number of guanidine groups is 1. The van der Waals surface area contributed by atoms with Gasteiger partial charge in [0.1, 0.15) is 11.4 Å². The number of carbonyl (C=O) groups is 1. The lowest BCUT2D eigenvalue weighted by atomic mass is 10.1. The molecular weight excluding hydrogens is 459 g/mol. The van der Waals surface area contributed by atoms with E-state index < -0.39 is 5.60 Å². The maximum absolute atomic E-state index is 12.0. The third-order valence-electron chi connectivity index (χ3n) is 3.84. The van der Waals surface area contributed by atoms with E-state index in [1.54, 1.807) is 18.1 Å². The predicted molar refractivity (Wildman–Crippen MR) is 119 cm³/mol. The molecule has 9 heteroatoms. The van der Waals surface area contributed by atoms with Gasteiger partial charge in [0, 0.05) is 52.5 Å². The molecule has 1 aromatic rings. The highest BCUT2D eigenvalue weighted by molar-refractivity contribution is 14.0. The van der Waals surface area contributed by atoms with Crippen LogP contribution in [0.1, 0.15) is 26.3 Å². The first-order valence-corrected chi connectivity index (χ1v) is 8.76. The summed E-state index contributed by atoms with van der Waals surface area (Å²) in [5.74, 6) is 1.63. The van der Waals surface area contributed by atoms with Crippen LogP contribution in [0.25, 0.3) is 0 Å². The molecule has 152 valence electrons. The first kappa shape index (κ1) is 23.3. The van der Waals surface area contributed by atoms with E-state index in [9.17, 15) is 4.79 Å². The molecule has 2 rings (SSSR count). The number of halogens is 1. The van der Waals surface area contributed by atoms with Crippen molar-refractivity contribution in [3.05, 3.63) is 23.9 Å². The molecule has 2 N–H and O–H groups in total. The first-order valence-electron chi connectivity index (χ1n) is 8.76. The molecule has 1 aromatic heterocycles. The zero-order valence-corrected chi connectivity index (χ0v) is 19.3. The number of amides is 1. The topological polar surface area (TPSA) is 82.1 Å². The maximum atomic E-state index is 12.0. The smallest absolute Gasteiger partial charge is 0.410 e. The summed E-state index contributed by atoms with van der Waals surface area (Å²) >= 11 is 0. The molecule has 0 radical (unpaired) electrons. The Labute approximate surface area is 178 Å². The molecule has 0 aromatic carbocycles. The van der Waals surface area contributed by atoms with Crippen LogP contribution in [0.3, 0.4) is 0 Å². The van der Waals surface area contributed by atoms with Crippen LogP contribution < -0.4 is 15.5 Å². The second-order valence-corrected chi connectivity index (χ2v) is 7.53. The quantitative estimate of drug-likeness (QED) is 0.382. The van der Waals surface area contributed by atoms with Crippen molar-refractivity contribution in [2.75, 3.05) is 39.1 Å². The summed E-state index contributed by atoms with van der Waals surface area (Å²) in [5, 5.41) is 6.63. The van der Waals surface area contributed by atoms with E-state index in [0.717, 1.165) is 11.4 Å². The lowest BCUT2D eigenvalue weighted by molar-refractivity contribution is 0.00701. The fourth-order valence-corrected chi connectivity index (χ4v) is 2.58. The van der Waals surface area contributed by atoms with Gasteiger partial charge in [-0.05, 0) is 26.8 Å². The Balaban J connectivity index is 0.00000364. The zero-order valence-electron chi connectivity index (χ0n) is 16.9. The molecule has 1 fully saturated rings. The molecule has 1 saturated heterocycles. The number of aliphatic imine (C=N–C) groups is 1. The molecule has 1 aliphatic rings. The predicted octanol–water partition coefficient (Wildman–Crippen LogP) is 2.05. The molecule has 0 bridgehead atoms. The number of pyridine rings is 1. The minimum absolute atomic E-state index is 0. The Bertz CT molecular complexity index is 653. The van der Waals surface area contributed by atoms with E-state index >= 15 is 0 Å². The van der Waals surface area contributed by atoms with Gasteiger partial charge in [-0.15, -0.1) is 24.0 Å². The molecule has 0 unspecified atom stereocenters. The van der Waals surface area contributed by atoms with E-state index in [0.29, 0.717) is 25.6 Å². The average Bonchev–Trinajstić information content (AvgIpc) is 2.51. The number of hydrogen-bond acceptors (Lipinski definition) is 5. The molecular formula is C18H31IN6O2. The number of nitrogens with one attached hydrogen (secondary N) is 2. The lowest BCUT2D eigenvalue weighted by Crippen LogP contribution is -2.63. The van der Waals surface area contributed by atoms with Crippen LogP contribution in [0.15, 0.2) is 23.3 Å². The highest BCUT2D eigenvalue weighted by atomic mass is 127. The highest BCUT2D eigenvalue weighted by Crippen LogP contribution is 2.16. The molecule has 0 spiro atoms. The standard InChI is InChI=1S/C18H30N6O2.HI/c1-18(2,3)26-17(25)24-11-14(12-24)22-16(19-4)21-10-13-8-7-9-20-15(13)23(5)6;/h7-9,14H,10-12H2,1-6H3,(H2,19,21,22);1H. The average molecular weight is 490 g/mol. The summed E-state index contributed by atoms with van der Waals surface area (Å²) < 4.78 is 5.36. The zero-order chi connectivity index (χ0) is 19.3. The van der Waals surface area contributed by atoms with Gasteiger partial charge in [0.05, 0.1) is 6.04 Å². The fraction of sp³-hybridized carbons (Fsp3) is 0.611. The van der Waals surface area contributed by atoms with Crippen LogP contribution in [-0.2, 0) is 11.3 Å². The molecule has 0 saturated carbocycles. The number of likely N-dealkylation sites (tertiary alicyclic amines) is 1. The Morgan fingerprint density at radius 3 is 2.63 bits per heavy atom. The summed E-state index contributed by atoms with van der Waals surface area (Å²) in [6, 6.07) is 4.12. The van der Waals surface area contributed by atoms with E-state index in [2.05, 4.69) is 20.6 Å². The minimum atomic E-state index is -0.471. The molecule has 0 aliphatic carbocycles. The normalized spacial score (nSPS) is 14.7. The van der Waals surface area contributed by atoms with Crippen molar-refractivity contribution >= 4 is 41.8 Å². The van der Waals surface area contributed by atoms with E-state index in [-0.39, 0.29) is 36.1 Å². The van der Waals surface area contributed by atoms with Crippen molar-refractivity contribution in [1.82, 2.24) is 20.5 Å². The van der Waals surface area contributed by atoms with Gasteiger partial charge in [0.25, 0.3) is 0 Å². The minimum Gasteiger partial charge on any atom is -0.444 e. The van der Waals surface area contributed by atoms with Gasteiger partial charge in [-0.3, -0.25) is 4.99 Å². The fourth-order valence-electron chi connectivity index (χ4n) is 2.58. The van der Waals surface area contributed by atoms with Crippen LogP contribution in [-0.4, -0.2) is 67.8 Å². The van der Waals surface area contributed by atoms with Gasteiger partial charge in [-0.2, -0.15) is 0 Å². The summed E-state index contributed by atoms with van der Waals surface area (Å²) in [4.78, 5) is 24.3. The largest absolute Gasteiger partial charge is 0.444 e. The maximum Gasteiger partial charge on any atom is 0.410 e. The summed E-state index contributed by atoms with van der Waals surface area (Å²) in [5.41, 5.74) is 0.616. The van der Waals surface area contributed by atoms with Crippen LogP contribution >= 0.6 is 24.0 Å². The van der Waals surface area contributed by atoms with Crippen molar-refractivity contribution in [1.29, 1.82) is 0 Å². The Morgan fingerprint density at radius 2 is 2.07 bits per heavy atom. The summed E-state index contributed by atoms with van der Waals surface area (Å²) in [6.07, 6.45) is 1.51. The number of anilines is 1. The number of aromatic nitrogens is 1. The molecule has 0 atom stereocenters. The van der Waals surface area contributed by atoms with Crippen molar-refractivity contribution < 1.29 is 9.53 Å². The Hall–Kier alpha value is -1.78. The number of hydrogen-bond donors (Lipinski definition) is 2. The second-order valence-electron chi connectivity index (χ2n) is 7.53. The van der Waals surface area contributed by atoms with Crippen molar-refractivity contribution in [3.8, 4) is 0 Å². The molecule has 1 aliphatic heterocycles. The van der Waals surface area contributed by atoms with Gasteiger partial charge in [-0.1, -0.05) is 6.07 Å². The number of rotatable bonds is 4. The number of nitrogens with zero attached hydrogens (tertiary/aromatic N) is 4. The van der Waals surface area contributed by atoms with E-state index in [4.69, 9.17) is 4.74 Å². The van der Waals surface area contributed by atoms with Crippen LogP contribution in [0.4, 0.5) is 10.6 Å². The van der Waals surface area contributed by atoms with Gasteiger partial charge in [-0.25, -0.2) is 9.78 Å². The van der Waals surface area contributed by atoms with Crippen molar-refractivity contribution in [2.24, 2.45) is 4.99 Å². The van der Waals surface area contributed by atoms with Gasteiger partial charge in [0.15, 0.2) is 5.96 Å². The van der Waals surface area contributed by atoms with E-state index in [1.165, 1.54) is 0 Å². The van der Waals surface area contributed by atoms with Crippen LogP contribution in [0.2, 0.25) is 0 Å². The van der Waals surface area contributed by atoms with Gasteiger partial charge < -0.3 is 25.2 Å². The summed E-state index contributed by atoms with van der Waals surface area (Å²) in [6.45, 7) is 7.42. The summed E-state index contributed by atoms with van der Waals surface area (Å²) in [7, 11) is 5.67. The number of carbonyl (C=O) groups excluding carboxylic acids is 1. The highest BCUT2D eigenvalue weighted by Gasteiger charge is 2.34.